The van der Waals surface area contributed by atoms with Crippen LogP contribution in [0.3, 0.4) is 0 Å². The minimum atomic E-state index is 0.682. The van der Waals surface area contributed by atoms with Crippen molar-refractivity contribution >= 4 is 10.9 Å². The fourth-order valence-corrected chi connectivity index (χ4v) is 3.05. The van der Waals surface area contributed by atoms with Crippen molar-refractivity contribution in [2.45, 2.75) is 6.92 Å². The molecule has 2 heterocycles. The van der Waals surface area contributed by atoms with Gasteiger partial charge >= 0.3 is 0 Å². The number of para-hydroxylation sites is 1. The Morgan fingerprint density at radius 1 is 0.955 bits per heavy atom. The minimum Gasteiger partial charge on any atom is -0.441 e. The highest BCUT2D eigenvalue weighted by atomic mass is 16.4. The number of hydrogen-bond donors (Lipinski definition) is 0. The van der Waals surface area contributed by atoms with Gasteiger partial charge < -0.3 is 8.98 Å². The molecule has 22 heavy (non-hydrogen) atoms. The van der Waals surface area contributed by atoms with Crippen LogP contribution in [0.4, 0.5) is 0 Å². The molecule has 0 aliphatic rings. The third-order valence-electron chi connectivity index (χ3n) is 4.02. The molecule has 2 aromatic carbocycles. The summed E-state index contributed by atoms with van der Waals surface area (Å²) in [5.41, 5.74) is 4.61. The zero-order valence-electron chi connectivity index (χ0n) is 12.6. The number of fused-ring (bicyclic) bond motifs is 1. The van der Waals surface area contributed by atoms with Gasteiger partial charge in [-0.15, -0.1) is 0 Å². The van der Waals surface area contributed by atoms with Gasteiger partial charge in [0.15, 0.2) is 11.7 Å². The molecule has 0 spiro atoms. The molecule has 0 atom stereocenters. The molecule has 0 aliphatic carbocycles. The molecular weight excluding hydrogens is 272 g/mol. The summed E-state index contributed by atoms with van der Waals surface area (Å²) >= 11 is 0. The molecule has 0 saturated carbocycles. The van der Waals surface area contributed by atoms with E-state index in [4.69, 9.17) is 4.42 Å². The first kappa shape index (κ1) is 12.9. The van der Waals surface area contributed by atoms with Crippen molar-refractivity contribution in [1.29, 1.82) is 0 Å². The van der Waals surface area contributed by atoms with Crippen LogP contribution in [0.1, 0.15) is 5.89 Å². The number of oxazole rings is 1. The fraction of sp³-hybridized carbons (Fsp3) is 0.105. The van der Waals surface area contributed by atoms with Gasteiger partial charge in [0.25, 0.3) is 0 Å². The Morgan fingerprint density at radius 2 is 1.68 bits per heavy atom. The lowest BCUT2D eigenvalue weighted by molar-refractivity contribution is 0.535. The molecule has 0 bridgehead atoms. The summed E-state index contributed by atoms with van der Waals surface area (Å²) in [6.45, 7) is 1.87. The largest absolute Gasteiger partial charge is 0.441 e. The maximum atomic E-state index is 5.83. The number of benzene rings is 2. The molecule has 4 rings (SSSR count). The highest BCUT2D eigenvalue weighted by Crippen LogP contribution is 2.40. The van der Waals surface area contributed by atoms with Gasteiger partial charge in [-0.1, -0.05) is 48.5 Å². The number of hydrogen-bond acceptors (Lipinski definition) is 2. The molecule has 0 aliphatic heterocycles. The number of nitrogens with zero attached hydrogens (tertiary/aromatic N) is 2. The zero-order valence-corrected chi connectivity index (χ0v) is 12.6. The molecule has 0 fully saturated rings. The highest BCUT2D eigenvalue weighted by Gasteiger charge is 2.20. The molecule has 3 nitrogen and oxygen atoms in total. The second kappa shape index (κ2) is 4.88. The van der Waals surface area contributed by atoms with Gasteiger partial charge in [0.05, 0.1) is 17.5 Å². The van der Waals surface area contributed by atoms with Gasteiger partial charge in [-0.25, -0.2) is 4.98 Å². The van der Waals surface area contributed by atoms with Crippen LogP contribution in [0.25, 0.3) is 33.5 Å². The number of aryl methyl sites for hydroxylation is 2. The van der Waals surface area contributed by atoms with E-state index >= 15 is 0 Å². The highest BCUT2D eigenvalue weighted by molar-refractivity contribution is 6.03. The second-order valence-electron chi connectivity index (χ2n) is 5.41. The van der Waals surface area contributed by atoms with Crippen molar-refractivity contribution in [3.05, 3.63) is 66.7 Å². The molecule has 3 heteroatoms. The summed E-state index contributed by atoms with van der Waals surface area (Å²) in [4.78, 5) is 4.27. The van der Waals surface area contributed by atoms with E-state index in [0.29, 0.717) is 5.89 Å². The Labute approximate surface area is 128 Å². The molecule has 0 saturated heterocycles. The molecule has 2 aromatic heterocycles. The third-order valence-corrected chi connectivity index (χ3v) is 4.02. The molecule has 0 N–H and O–H groups in total. The Kier molecular flexibility index (Phi) is 2.86. The van der Waals surface area contributed by atoms with Gasteiger partial charge in [0.2, 0.25) is 0 Å². The van der Waals surface area contributed by atoms with Crippen molar-refractivity contribution < 1.29 is 4.42 Å². The van der Waals surface area contributed by atoms with E-state index in [2.05, 4.69) is 65.1 Å². The summed E-state index contributed by atoms with van der Waals surface area (Å²) in [7, 11) is 2.09. The molecule has 4 aromatic rings. The first-order chi connectivity index (χ1) is 10.8. The van der Waals surface area contributed by atoms with E-state index in [1.807, 2.05) is 19.2 Å². The van der Waals surface area contributed by atoms with E-state index < -0.39 is 0 Å². The van der Waals surface area contributed by atoms with Crippen LogP contribution in [-0.4, -0.2) is 9.55 Å². The van der Waals surface area contributed by atoms with E-state index in [0.717, 1.165) is 17.0 Å². The van der Waals surface area contributed by atoms with Gasteiger partial charge in [-0.2, -0.15) is 0 Å². The van der Waals surface area contributed by atoms with E-state index in [1.165, 1.54) is 16.5 Å². The maximum absolute atomic E-state index is 5.83. The molecule has 0 unspecified atom stereocenters. The van der Waals surface area contributed by atoms with Crippen molar-refractivity contribution in [3.63, 3.8) is 0 Å². The van der Waals surface area contributed by atoms with Crippen LogP contribution in [-0.2, 0) is 7.05 Å². The average molecular weight is 288 g/mol. The predicted molar refractivity (Wildman–Crippen MR) is 88.6 cm³/mol. The van der Waals surface area contributed by atoms with E-state index in [9.17, 15) is 0 Å². The molecule has 0 radical (unpaired) electrons. The zero-order chi connectivity index (χ0) is 15.1. The Hall–Kier alpha value is -2.81. The lowest BCUT2D eigenvalue weighted by Crippen LogP contribution is -1.92. The molecule has 0 amide bonds. The van der Waals surface area contributed by atoms with E-state index in [1.54, 1.807) is 0 Å². The monoisotopic (exact) mass is 288 g/mol. The van der Waals surface area contributed by atoms with Crippen LogP contribution >= 0.6 is 0 Å². The summed E-state index contributed by atoms with van der Waals surface area (Å²) in [5, 5.41) is 1.18. The average Bonchev–Trinajstić information content (AvgIpc) is 3.10. The number of aromatic nitrogens is 2. The lowest BCUT2D eigenvalue weighted by atomic mass is 10.0. The van der Waals surface area contributed by atoms with Gasteiger partial charge in [-0.3, -0.25) is 0 Å². The smallest absolute Gasteiger partial charge is 0.191 e. The second-order valence-corrected chi connectivity index (χ2v) is 5.41. The standard InChI is InChI=1S/C19H16N2O/c1-13-20-12-17(22-13)18-15-10-6-7-11-16(15)21(2)19(18)14-8-4-3-5-9-14/h3-12H,1-2H3. The normalized spacial score (nSPS) is 11.2. The molecule has 108 valence electrons. The first-order valence-electron chi connectivity index (χ1n) is 7.31. The Balaban J connectivity index is 2.13. The van der Waals surface area contributed by atoms with Crippen LogP contribution in [0.2, 0.25) is 0 Å². The van der Waals surface area contributed by atoms with Crippen LogP contribution < -0.4 is 0 Å². The lowest BCUT2D eigenvalue weighted by Gasteiger charge is -2.06. The van der Waals surface area contributed by atoms with Gasteiger partial charge in [-0.05, 0) is 11.6 Å². The van der Waals surface area contributed by atoms with Crippen molar-refractivity contribution in [1.82, 2.24) is 9.55 Å². The van der Waals surface area contributed by atoms with Crippen molar-refractivity contribution in [3.8, 4) is 22.6 Å². The van der Waals surface area contributed by atoms with Gasteiger partial charge in [0, 0.05) is 24.9 Å². The summed E-state index contributed by atoms with van der Waals surface area (Å²) in [5.74, 6) is 1.50. The van der Waals surface area contributed by atoms with Crippen LogP contribution in [0.5, 0.6) is 0 Å². The van der Waals surface area contributed by atoms with Crippen molar-refractivity contribution in [2.75, 3.05) is 0 Å². The third kappa shape index (κ3) is 1.86. The quantitative estimate of drug-likeness (QED) is 0.530. The first-order valence-corrected chi connectivity index (χ1v) is 7.31. The fourth-order valence-electron chi connectivity index (χ4n) is 3.05. The predicted octanol–water partition coefficient (Wildman–Crippen LogP) is 4.81. The summed E-state index contributed by atoms with van der Waals surface area (Å²) in [6.07, 6.45) is 1.81. The minimum absolute atomic E-state index is 0.682. The van der Waals surface area contributed by atoms with Crippen LogP contribution in [0, 0.1) is 6.92 Å². The molecular formula is C19H16N2O. The van der Waals surface area contributed by atoms with E-state index in [-0.39, 0.29) is 0 Å². The topological polar surface area (TPSA) is 31.0 Å². The van der Waals surface area contributed by atoms with Crippen molar-refractivity contribution in [2.24, 2.45) is 7.05 Å². The Bertz CT molecular complexity index is 948. The summed E-state index contributed by atoms with van der Waals surface area (Å²) < 4.78 is 8.05. The van der Waals surface area contributed by atoms with Gasteiger partial charge in [0.1, 0.15) is 0 Å². The SMILES string of the molecule is Cc1ncc(-c2c(-c3ccccc3)n(C)c3ccccc23)o1. The Morgan fingerprint density at radius 3 is 2.41 bits per heavy atom. The van der Waals surface area contributed by atoms with Crippen LogP contribution in [0.15, 0.2) is 65.2 Å². The maximum Gasteiger partial charge on any atom is 0.191 e. The summed E-state index contributed by atoms with van der Waals surface area (Å²) in [6, 6.07) is 18.8. The number of rotatable bonds is 2.